The van der Waals surface area contributed by atoms with E-state index < -0.39 is 0 Å². The maximum Gasteiger partial charge on any atom is 0.124 e. The van der Waals surface area contributed by atoms with Gasteiger partial charge in [0.2, 0.25) is 0 Å². The first-order chi connectivity index (χ1) is 19.1. The molecule has 2 aromatic carbocycles. The molecular weight excluding hydrogens is 541 g/mol. The Morgan fingerprint density at radius 2 is 1.18 bits per heavy atom. The van der Waals surface area contributed by atoms with E-state index in [1.165, 1.54) is 41.9 Å². The highest BCUT2D eigenvalue weighted by Gasteiger charge is 2.23. The first kappa shape index (κ1) is 28.9. The first-order valence-electron chi connectivity index (χ1n) is 14.5. The minimum atomic E-state index is 0.478. The van der Waals surface area contributed by atoms with E-state index in [1.54, 1.807) is 20.7 Å². The van der Waals surface area contributed by atoms with E-state index in [0.29, 0.717) is 5.75 Å². The van der Waals surface area contributed by atoms with Crippen LogP contribution in [0, 0.1) is 3.82 Å². The Bertz CT molecular complexity index is 1210. The first-order valence-corrected chi connectivity index (χ1v) is 17.0. The van der Waals surface area contributed by atoms with Gasteiger partial charge in [-0.15, -0.1) is 0 Å². The number of aromatic hydroxyl groups is 1. The Kier molecular flexibility index (Phi) is 10.2. The van der Waals surface area contributed by atoms with Crippen molar-refractivity contribution in [2.75, 3.05) is 65.4 Å². The van der Waals surface area contributed by atoms with E-state index in [2.05, 4.69) is 75.9 Å². The summed E-state index contributed by atoms with van der Waals surface area (Å²) < 4.78 is 0.941. The largest absolute Gasteiger partial charge is 0.507 e. The van der Waals surface area contributed by atoms with Crippen LogP contribution in [-0.4, -0.2) is 90.2 Å². The lowest BCUT2D eigenvalue weighted by Gasteiger charge is -2.35. The zero-order chi connectivity index (χ0) is 27.2. The second-order valence-electron chi connectivity index (χ2n) is 10.9. The highest BCUT2D eigenvalue weighted by Crippen LogP contribution is 2.43. The summed E-state index contributed by atoms with van der Waals surface area (Å²) in [6.45, 7) is 17.0. The fourth-order valence-electron chi connectivity index (χ4n) is 5.89. The molecule has 2 saturated heterocycles. The molecule has 0 spiro atoms. The van der Waals surface area contributed by atoms with Crippen molar-refractivity contribution in [3.05, 3.63) is 57.4 Å². The van der Waals surface area contributed by atoms with Crippen molar-refractivity contribution in [1.82, 2.24) is 19.6 Å². The molecule has 0 bridgehead atoms. The van der Waals surface area contributed by atoms with Crippen LogP contribution in [0.2, 0.25) is 0 Å². The average molecular weight is 583 g/mol. The van der Waals surface area contributed by atoms with Crippen LogP contribution < -0.4 is 0 Å². The number of benzene rings is 2. The maximum atomic E-state index is 11.6. The van der Waals surface area contributed by atoms with Gasteiger partial charge in [-0.3, -0.25) is 9.80 Å². The standard InChI is InChI=1S/C31H42N4OS3/c1-3-10-32-12-16-34(17-13-32)22-26-20-25(30-28(31(37)39-38-30)24-8-6-5-7-9-24)21-27(29(26)36)23-35-18-14-33(11-4-2)15-19-35/h5-9,20-21,36H,3-4,10-19,22-23H2,1-2H3. The van der Waals surface area contributed by atoms with Crippen molar-refractivity contribution in [2.24, 2.45) is 0 Å². The zero-order valence-electron chi connectivity index (χ0n) is 23.4. The molecule has 3 heterocycles. The predicted molar refractivity (Wildman–Crippen MR) is 170 cm³/mol. The summed E-state index contributed by atoms with van der Waals surface area (Å²) >= 11 is 5.83. The van der Waals surface area contributed by atoms with Crippen LogP contribution in [0.15, 0.2) is 42.5 Å². The van der Waals surface area contributed by atoms with Crippen LogP contribution in [0.5, 0.6) is 5.75 Å². The summed E-state index contributed by atoms with van der Waals surface area (Å²) in [5, 5.41) is 11.6. The molecule has 210 valence electrons. The Labute approximate surface area is 246 Å². The van der Waals surface area contributed by atoms with Gasteiger partial charge in [0.1, 0.15) is 9.57 Å². The molecule has 1 aromatic heterocycles. The quantitative estimate of drug-likeness (QED) is 0.213. The lowest BCUT2D eigenvalue weighted by Crippen LogP contribution is -2.46. The lowest BCUT2D eigenvalue weighted by molar-refractivity contribution is 0.124. The fourth-order valence-corrected chi connectivity index (χ4v) is 8.79. The molecule has 2 fully saturated rings. The van der Waals surface area contributed by atoms with Gasteiger partial charge in [-0.05, 0) is 49.2 Å². The van der Waals surface area contributed by atoms with E-state index in [0.717, 1.165) is 86.0 Å². The molecule has 3 aromatic rings. The molecule has 2 aliphatic rings. The van der Waals surface area contributed by atoms with Crippen molar-refractivity contribution >= 4 is 32.9 Å². The van der Waals surface area contributed by atoms with Crippen LogP contribution in [0.25, 0.3) is 21.6 Å². The van der Waals surface area contributed by atoms with E-state index in [9.17, 15) is 5.11 Å². The Morgan fingerprint density at radius 3 is 1.67 bits per heavy atom. The lowest BCUT2D eigenvalue weighted by atomic mass is 9.98. The second-order valence-corrected chi connectivity index (χ2v) is 13.7. The molecule has 0 atom stereocenters. The Morgan fingerprint density at radius 1 is 0.692 bits per heavy atom. The number of piperazine rings is 2. The zero-order valence-corrected chi connectivity index (χ0v) is 25.9. The Hall–Kier alpha value is -1.65. The fraction of sp³-hybridized carbons (Fsp3) is 0.516. The van der Waals surface area contributed by atoms with Gasteiger partial charge >= 0.3 is 0 Å². The molecule has 2 aliphatic heterocycles. The molecule has 0 aliphatic carbocycles. The van der Waals surface area contributed by atoms with Crippen LogP contribution in [0.1, 0.15) is 37.8 Å². The van der Waals surface area contributed by atoms with Gasteiger partial charge in [0.05, 0.1) is 4.88 Å². The van der Waals surface area contributed by atoms with Gasteiger partial charge < -0.3 is 14.9 Å². The van der Waals surface area contributed by atoms with Gasteiger partial charge in [0, 0.05) is 82.1 Å². The van der Waals surface area contributed by atoms with Gasteiger partial charge in [-0.25, -0.2) is 0 Å². The number of hydrogen-bond acceptors (Lipinski definition) is 8. The van der Waals surface area contributed by atoms with Crippen molar-refractivity contribution in [3.8, 4) is 27.3 Å². The maximum absolute atomic E-state index is 11.6. The van der Waals surface area contributed by atoms with Crippen LogP contribution in [0.3, 0.4) is 0 Å². The molecular formula is C31H42N4OS3. The summed E-state index contributed by atoms with van der Waals surface area (Å²) in [6.07, 6.45) is 2.41. The van der Waals surface area contributed by atoms with E-state index in [1.807, 2.05) is 0 Å². The third kappa shape index (κ3) is 7.17. The van der Waals surface area contributed by atoms with Crippen molar-refractivity contribution in [3.63, 3.8) is 0 Å². The molecule has 8 heteroatoms. The van der Waals surface area contributed by atoms with E-state index >= 15 is 0 Å². The highest BCUT2D eigenvalue weighted by molar-refractivity contribution is 7.80. The summed E-state index contributed by atoms with van der Waals surface area (Å²) in [5.41, 5.74) is 5.59. The van der Waals surface area contributed by atoms with E-state index in [4.69, 9.17) is 12.2 Å². The van der Waals surface area contributed by atoms with E-state index in [-0.39, 0.29) is 0 Å². The highest BCUT2D eigenvalue weighted by atomic mass is 32.9. The van der Waals surface area contributed by atoms with Crippen LogP contribution in [-0.2, 0) is 13.1 Å². The molecule has 39 heavy (non-hydrogen) atoms. The monoisotopic (exact) mass is 582 g/mol. The predicted octanol–water partition coefficient (Wildman–Crippen LogP) is 6.63. The molecule has 0 radical (unpaired) electrons. The number of nitrogens with zero attached hydrogens (tertiary/aromatic N) is 4. The number of hydrogen-bond donors (Lipinski definition) is 1. The summed E-state index contributed by atoms with van der Waals surface area (Å²) in [6, 6.07) is 15.0. The van der Waals surface area contributed by atoms with Gasteiger partial charge in [0.25, 0.3) is 0 Å². The van der Waals surface area contributed by atoms with Crippen LogP contribution >= 0.6 is 32.9 Å². The third-order valence-electron chi connectivity index (χ3n) is 8.02. The second kappa shape index (κ2) is 13.8. The molecule has 5 rings (SSSR count). The minimum Gasteiger partial charge on any atom is -0.507 e. The minimum absolute atomic E-state index is 0.478. The van der Waals surface area contributed by atoms with Crippen LogP contribution in [0.4, 0.5) is 0 Å². The van der Waals surface area contributed by atoms with Crippen molar-refractivity contribution in [2.45, 2.75) is 39.8 Å². The molecule has 5 nitrogen and oxygen atoms in total. The SMILES string of the molecule is CCCN1CCN(Cc2cc(-c3ssc(=S)c3-c3ccccc3)cc(CN3CCN(CCC)CC3)c2O)CC1. The summed E-state index contributed by atoms with van der Waals surface area (Å²) in [5.74, 6) is 0.478. The third-order valence-corrected chi connectivity index (χ3v) is 11.1. The van der Waals surface area contributed by atoms with Crippen molar-refractivity contribution < 1.29 is 5.11 Å². The normalized spacial score (nSPS) is 18.1. The summed E-state index contributed by atoms with van der Waals surface area (Å²) in [4.78, 5) is 11.3. The van der Waals surface area contributed by atoms with Gasteiger partial charge in [-0.2, -0.15) is 0 Å². The molecule has 0 saturated carbocycles. The molecule has 1 N–H and O–H groups in total. The number of rotatable bonds is 10. The van der Waals surface area contributed by atoms with Gasteiger partial charge in [0.15, 0.2) is 0 Å². The molecule has 0 unspecified atom stereocenters. The number of phenols is 1. The smallest absolute Gasteiger partial charge is 0.124 e. The summed E-state index contributed by atoms with van der Waals surface area (Å²) in [7, 11) is 3.45. The molecule has 0 amide bonds. The average Bonchev–Trinajstić information content (AvgIpc) is 3.35. The number of phenolic OH excluding ortho intramolecular Hbond substituents is 1. The topological polar surface area (TPSA) is 33.2 Å². The Balaban J connectivity index is 1.45. The van der Waals surface area contributed by atoms with Gasteiger partial charge in [-0.1, -0.05) is 77.1 Å². The van der Waals surface area contributed by atoms with Crippen molar-refractivity contribution in [1.29, 1.82) is 0 Å².